The van der Waals surface area contributed by atoms with Gasteiger partial charge in [-0.25, -0.2) is 13.1 Å². The minimum absolute atomic E-state index is 0.122. The number of benzene rings is 1. The van der Waals surface area contributed by atoms with Crippen LogP contribution in [0.5, 0.6) is 0 Å². The number of esters is 1. The van der Waals surface area contributed by atoms with Crippen molar-refractivity contribution in [2.24, 2.45) is 5.92 Å². The smallest absolute Gasteiger partial charge is 0.324 e. The van der Waals surface area contributed by atoms with Gasteiger partial charge >= 0.3 is 5.97 Å². The van der Waals surface area contributed by atoms with E-state index in [0.717, 1.165) is 0 Å². The van der Waals surface area contributed by atoms with Crippen LogP contribution in [0.2, 0.25) is 0 Å². The van der Waals surface area contributed by atoms with Crippen LogP contribution in [0.4, 0.5) is 5.69 Å². The van der Waals surface area contributed by atoms with Gasteiger partial charge in [-0.2, -0.15) is 0 Å². The second-order valence-electron chi connectivity index (χ2n) is 5.05. The second-order valence-corrected chi connectivity index (χ2v) is 6.80. The monoisotopic (exact) mass is 330 g/mol. The molecule has 0 aliphatic rings. The van der Waals surface area contributed by atoms with Crippen LogP contribution in [0.3, 0.4) is 0 Å². The van der Waals surface area contributed by atoms with Crippen LogP contribution in [0.25, 0.3) is 0 Å². The highest BCUT2D eigenvalue weighted by Crippen LogP contribution is 2.14. The van der Waals surface area contributed by atoms with Crippen LogP contribution in [0.1, 0.15) is 19.4 Å². The lowest BCUT2D eigenvalue weighted by Gasteiger charge is -2.19. The summed E-state index contributed by atoms with van der Waals surface area (Å²) in [7, 11) is -2.60. The van der Waals surface area contributed by atoms with Gasteiger partial charge in [0.2, 0.25) is 10.0 Å². The molecule has 1 atom stereocenters. The second kappa shape index (κ2) is 7.32. The molecule has 0 saturated heterocycles. The zero-order valence-corrected chi connectivity index (χ0v) is 13.3. The maximum absolute atomic E-state index is 12.1. The lowest BCUT2D eigenvalue weighted by Crippen LogP contribution is -2.45. The number of nitro groups is 1. The van der Waals surface area contributed by atoms with Crippen molar-refractivity contribution >= 4 is 21.7 Å². The van der Waals surface area contributed by atoms with Gasteiger partial charge in [0.25, 0.3) is 5.69 Å². The molecule has 0 heterocycles. The molecular formula is C13H18N2O6S. The number of nitrogens with zero attached hydrogens (tertiary/aromatic N) is 1. The minimum Gasteiger partial charge on any atom is -0.468 e. The van der Waals surface area contributed by atoms with Gasteiger partial charge in [0.15, 0.2) is 0 Å². The number of ether oxygens (including phenoxy) is 1. The first kappa shape index (κ1) is 18.1. The molecule has 0 radical (unpaired) electrons. The van der Waals surface area contributed by atoms with Crippen molar-refractivity contribution in [1.29, 1.82) is 0 Å². The molecule has 0 aromatic heterocycles. The minimum atomic E-state index is -3.79. The Labute approximate surface area is 128 Å². The quantitative estimate of drug-likeness (QED) is 0.456. The van der Waals surface area contributed by atoms with Gasteiger partial charge < -0.3 is 4.74 Å². The Kier molecular flexibility index (Phi) is 6.01. The van der Waals surface area contributed by atoms with Gasteiger partial charge in [-0.1, -0.05) is 26.0 Å². The number of sulfonamides is 1. The SMILES string of the molecule is COC(=O)[C@@H](NS(=O)(=O)Cc1ccc([N+](=O)[O-])cc1)C(C)C. The molecule has 0 amide bonds. The van der Waals surface area contributed by atoms with Crippen molar-refractivity contribution in [2.45, 2.75) is 25.6 Å². The summed E-state index contributed by atoms with van der Waals surface area (Å²) in [5, 5.41) is 10.5. The van der Waals surface area contributed by atoms with Gasteiger partial charge in [0.1, 0.15) is 6.04 Å². The maximum atomic E-state index is 12.1. The van der Waals surface area contributed by atoms with E-state index >= 15 is 0 Å². The van der Waals surface area contributed by atoms with Gasteiger partial charge in [-0.15, -0.1) is 0 Å². The van der Waals surface area contributed by atoms with Crippen LogP contribution in [-0.4, -0.2) is 32.5 Å². The summed E-state index contributed by atoms with van der Waals surface area (Å²) in [6.07, 6.45) is 0. The zero-order chi connectivity index (χ0) is 16.9. The number of rotatable bonds is 7. The van der Waals surface area contributed by atoms with Crippen molar-refractivity contribution in [2.75, 3.05) is 7.11 Å². The fourth-order valence-corrected chi connectivity index (χ4v) is 3.22. The normalized spacial score (nSPS) is 12.9. The Balaban J connectivity index is 2.86. The number of nitro benzene ring substituents is 1. The molecule has 122 valence electrons. The van der Waals surface area contributed by atoms with Crippen molar-refractivity contribution < 1.29 is 22.9 Å². The van der Waals surface area contributed by atoms with Crippen LogP contribution in [-0.2, 0) is 25.3 Å². The largest absolute Gasteiger partial charge is 0.468 e. The third-order valence-corrected chi connectivity index (χ3v) is 4.26. The van der Waals surface area contributed by atoms with Crippen LogP contribution < -0.4 is 4.72 Å². The van der Waals surface area contributed by atoms with Gasteiger partial charge in [0.05, 0.1) is 17.8 Å². The molecule has 1 aromatic carbocycles. The summed E-state index contributed by atoms with van der Waals surface area (Å²) >= 11 is 0. The van der Waals surface area contributed by atoms with Crippen molar-refractivity contribution in [3.63, 3.8) is 0 Å². The van der Waals surface area contributed by atoms with Gasteiger partial charge in [-0.05, 0) is 11.5 Å². The Morgan fingerprint density at radius 1 is 1.32 bits per heavy atom. The molecule has 22 heavy (non-hydrogen) atoms. The topological polar surface area (TPSA) is 116 Å². The van der Waals surface area contributed by atoms with E-state index in [1.165, 1.54) is 31.4 Å². The molecule has 0 aliphatic heterocycles. The highest BCUT2D eigenvalue weighted by atomic mass is 32.2. The summed E-state index contributed by atoms with van der Waals surface area (Å²) in [5.74, 6) is -1.33. The maximum Gasteiger partial charge on any atom is 0.324 e. The Bertz CT molecular complexity index is 639. The first-order chi connectivity index (χ1) is 10.2. The number of hydrogen-bond acceptors (Lipinski definition) is 6. The summed E-state index contributed by atoms with van der Waals surface area (Å²) in [6.45, 7) is 3.38. The molecule has 0 unspecified atom stereocenters. The Hall–Kier alpha value is -2.00. The Morgan fingerprint density at radius 2 is 1.86 bits per heavy atom. The predicted molar refractivity (Wildman–Crippen MR) is 79.5 cm³/mol. The molecule has 8 nitrogen and oxygen atoms in total. The molecule has 0 saturated carbocycles. The third-order valence-electron chi connectivity index (χ3n) is 2.93. The average Bonchev–Trinajstić information content (AvgIpc) is 2.44. The molecule has 0 fully saturated rings. The fraction of sp³-hybridized carbons (Fsp3) is 0.462. The molecule has 1 N–H and O–H groups in total. The van der Waals surface area contributed by atoms with Crippen LogP contribution >= 0.6 is 0 Å². The van der Waals surface area contributed by atoms with E-state index in [1.807, 2.05) is 0 Å². The lowest BCUT2D eigenvalue weighted by atomic mass is 10.1. The number of carbonyl (C=O) groups excluding carboxylic acids is 1. The first-order valence-electron chi connectivity index (χ1n) is 6.47. The van der Waals surface area contributed by atoms with Crippen molar-refractivity contribution in [1.82, 2.24) is 4.72 Å². The molecule has 0 spiro atoms. The van der Waals surface area contributed by atoms with Gasteiger partial charge in [0, 0.05) is 12.1 Å². The predicted octanol–water partition coefficient (Wildman–Crippen LogP) is 1.21. The molecule has 1 aromatic rings. The van der Waals surface area contributed by atoms with E-state index < -0.39 is 27.0 Å². The first-order valence-corrected chi connectivity index (χ1v) is 8.12. The number of carbonyl (C=O) groups is 1. The molecule has 9 heteroatoms. The zero-order valence-electron chi connectivity index (χ0n) is 12.5. The van der Waals surface area contributed by atoms with E-state index in [0.29, 0.717) is 5.56 Å². The molecular weight excluding hydrogens is 312 g/mol. The average molecular weight is 330 g/mol. The number of methoxy groups -OCH3 is 1. The van der Waals surface area contributed by atoms with Crippen molar-refractivity contribution in [3.8, 4) is 0 Å². The Morgan fingerprint density at radius 3 is 2.27 bits per heavy atom. The highest BCUT2D eigenvalue weighted by molar-refractivity contribution is 7.88. The van der Waals surface area contributed by atoms with Crippen LogP contribution in [0, 0.1) is 16.0 Å². The van der Waals surface area contributed by atoms with E-state index in [1.54, 1.807) is 13.8 Å². The summed E-state index contributed by atoms with van der Waals surface area (Å²) < 4.78 is 31.1. The fourth-order valence-electron chi connectivity index (χ4n) is 1.75. The van der Waals surface area contributed by atoms with Crippen LogP contribution in [0.15, 0.2) is 24.3 Å². The van der Waals surface area contributed by atoms with Crippen molar-refractivity contribution in [3.05, 3.63) is 39.9 Å². The number of nitrogens with one attached hydrogen (secondary N) is 1. The molecule has 1 rings (SSSR count). The number of non-ortho nitro benzene ring substituents is 1. The van der Waals surface area contributed by atoms with E-state index in [2.05, 4.69) is 9.46 Å². The lowest BCUT2D eigenvalue weighted by molar-refractivity contribution is -0.384. The van der Waals surface area contributed by atoms with E-state index in [9.17, 15) is 23.3 Å². The summed E-state index contributed by atoms with van der Waals surface area (Å²) in [5.41, 5.74) is 0.259. The van der Waals surface area contributed by atoms with Gasteiger partial charge in [-0.3, -0.25) is 14.9 Å². The molecule has 0 aliphatic carbocycles. The highest BCUT2D eigenvalue weighted by Gasteiger charge is 2.28. The summed E-state index contributed by atoms with van der Waals surface area (Å²) in [6, 6.07) is 4.20. The number of hydrogen-bond donors (Lipinski definition) is 1. The van der Waals surface area contributed by atoms with E-state index in [4.69, 9.17) is 0 Å². The standard InChI is InChI=1S/C13H18N2O6S/c1-9(2)12(13(16)21-3)14-22(19,20)8-10-4-6-11(7-5-10)15(17)18/h4-7,9,12,14H,8H2,1-3H3/t12-/m0/s1. The third kappa shape index (κ3) is 5.08. The van der Waals surface area contributed by atoms with E-state index in [-0.39, 0.29) is 17.4 Å². The summed E-state index contributed by atoms with van der Waals surface area (Å²) in [4.78, 5) is 21.6. The molecule has 0 bridgehead atoms.